The van der Waals surface area contributed by atoms with Crippen molar-refractivity contribution in [2.75, 3.05) is 61.3 Å². The first-order valence-electron chi connectivity index (χ1n) is 14.0. The quantitative estimate of drug-likeness (QED) is 0.281. The fraction of sp³-hybridized carbons (Fsp3) is 0.379. The van der Waals surface area contributed by atoms with Crippen molar-refractivity contribution in [1.82, 2.24) is 25.2 Å². The van der Waals surface area contributed by atoms with Gasteiger partial charge in [-0.3, -0.25) is 9.88 Å². The number of nitrogens with one attached hydrogen (secondary N) is 1. The summed E-state index contributed by atoms with van der Waals surface area (Å²) in [5, 5.41) is 12.4. The molecule has 1 aromatic carbocycles. The van der Waals surface area contributed by atoms with E-state index in [1.54, 1.807) is 11.0 Å². The van der Waals surface area contributed by atoms with E-state index in [1.807, 2.05) is 18.7 Å². The lowest BCUT2D eigenvalue weighted by Crippen LogP contribution is -2.60. The number of nitrogen functional groups attached to an aromatic ring is 1. The number of alkyl halides is 3. The molecule has 2 saturated heterocycles. The van der Waals surface area contributed by atoms with Crippen molar-refractivity contribution in [3.8, 4) is 17.3 Å². The molecule has 44 heavy (non-hydrogen) atoms. The highest BCUT2D eigenvalue weighted by Crippen LogP contribution is 2.47. The van der Waals surface area contributed by atoms with E-state index >= 15 is 17.6 Å². The summed E-state index contributed by atoms with van der Waals surface area (Å²) >= 11 is 0.656. The Labute approximate surface area is 253 Å². The number of fused-ring (bicyclic) bond motifs is 2. The van der Waals surface area contributed by atoms with Crippen LogP contribution in [0.4, 0.5) is 38.7 Å². The minimum absolute atomic E-state index is 0.0180. The van der Waals surface area contributed by atoms with Crippen LogP contribution < -0.4 is 20.9 Å². The van der Waals surface area contributed by atoms with Crippen LogP contribution in [0.15, 0.2) is 24.5 Å². The molecule has 0 bridgehead atoms. The standard InChI is InChI=1S/C29H28F5N9S/c1-4-41(5-2)15-12-43(13-15)28-39-23-17(27(40-28)42-7-6-37-14(3)11-42)10-38-24(22(23)29(32,33)34)21-18(30)8-19(31)25-20(21)16(9-35)26(36)44-25/h8,10,15,37H,3-7,11-13,36H2,1-2H3. The van der Waals surface area contributed by atoms with E-state index in [0.717, 1.165) is 13.1 Å². The molecule has 3 N–H and O–H groups in total. The lowest BCUT2D eigenvalue weighted by molar-refractivity contribution is -0.136. The summed E-state index contributed by atoms with van der Waals surface area (Å²) in [7, 11) is 0. The van der Waals surface area contributed by atoms with Crippen LogP contribution >= 0.6 is 11.3 Å². The average molecular weight is 630 g/mol. The third kappa shape index (κ3) is 4.82. The van der Waals surface area contributed by atoms with Crippen molar-refractivity contribution in [3.63, 3.8) is 0 Å². The Morgan fingerprint density at radius 3 is 2.55 bits per heavy atom. The van der Waals surface area contributed by atoms with E-state index in [9.17, 15) is 9.65 Å². The van der Waals surface area contributed by atoms with E-state index in [4.69, 9.17) is 10.7 Å². The van der Waals surface area contributed by atoms with E-state index in [2.05, 4.69) is 26.8 Å². The number of hydrogen-bond donors (Lipinski definition) is 2. The van der Waals surface area contributed by atoms with Gasteiger partial charge in [0.15, 0.2) is 0 Å². The van der Waals surface area contributed by atoms with Gasteiger partial charge >= 0.3 is 6.18 Å². The Morgan fingerprint density at radius 1 is 1.18 bits per heavy atom. The second kappa shape index (κ2) is 11.0. The maximum absolute atomic E-state index is 15.6. The summed E-state index contributed by atoms with van der Waals surface area (Å²) in [6.45, 7) is 12.0. The average Bonchev–Trinajstić information content (AvgIpc) is 3.29. The largest absolute Gasteiger partial charge is 0.420 e. The number of thiophene rings is 1. The molecule has 9 nitrogen and oxygen atoms in total. The number of rotatable bonds is 6. The van der Waals surface area contributed by atoms with Gasteiger partial charge in [-0.1, -0.05) is 20.4 Å². The monoisotopic (exact) mass is 629 g/mol. The van der Waals surface area contributed by atoms with E-state index in [1.165, 1.54) is 6.20 Å². The molecule has 0 radical (unpaired) electrons. The van der Waals surface area contributed by atoms with Crippen molar-refractivity contribution < 1.29 is 22.0 Å². The molecule has 4 aromatic rings. The molecule has 3 aromatic heterocycles. The minimum Gasteiger partial charge on any atom is -0.389 e. The molecule has 2 aliphatic heterocycles. The highest BCUT2D eigenvalue weighted by Gasteiger charge is 2.41. The van der Waals surface area contributed by atoms with E-state index in [-0.39, 0.29) is 43.8 Å². The predicted molar refractivity (Wildman–Crippen MR) is 160 cm³/mol. The minimum atomic E-state index is -5.07. The Morgan fingerprint density at radius 2 is 1.91 bits per heavy atom. The van der Waals surface area contributed by atoms with Gasteiger partial charge in [0, 0.05) is 61.1 Å². The van der Waals surface area contributed by atoms with Gasteiger partial charge in [0.2, 0.25) is 5.95 Å². The molecule has 2 fully saturated rings. The van der Waals surface area contributed by atoms with Crippen LogP contribution in [0.25, 0.3) is 32.2 Å². The van der Waals surface area contributed by atoms with Crippen LogP contribution in [0.3, 0.4) is 0 Å². The number of nitrogens with two attached hydrogens (primary N) is 1. The molecule has 0 amide bonds. The highest BCUT2D eigenvalue weighted by atomic mass is 32.1. The summed E-state index contributed by atoms with van der Waals surface area (Å²) in [5.74, 6) is -2.00. The van der Waals surface area contributed by atoms with Crippen LogP contribution in [0, 0.1) is 23.0 Å². The molecular formula is C29H28F5N9S. The van der Waals surface area contributed by atoms with Crippen molar-refractivity contribution in [1.29, 1.82) is 5.26 Å². The van der Waals surface area contributed by atoms with Gasteiger partial charge in [-0.2, -0.15) is 23.4 Å². The summed E-state index contributed by atoms with van der Waals surface area (Å²) in [6, 6.07) is 2.46. The number of likely N-dealkylation sites (N-methyl/N-ethyl adjacent to an activating group) is 1. The molecule has 5 heterocycles. The zero-order valence-corrected chi connectivity index (χ0v) is 24.7. The van der Waals surface area contributed by atoms with Crippen molar-refractivity contribution in [3.05, 3.63) is 47.3 Å². The zero-order chi connectivity index (χ0) is 31.5. The van der Waals surface area contributed by atoms with Crippen LogP contribution in [0.5, 0.6) is 0 Å². The Kier molecular flexibility index (Phi) is 7.45. The van der Waals surface area contributed by atoms with Crippen LogP contribution in [-0.2, 0) is 6.18 Å². The molecule has 0 aliphatic carbocycles. The number of nitrogens with zero attached hydrogens (tertiary/aromatic N) is 7. The maximum Gasteiger partial charge on any atom is 0.420 e. The van der Waals surface area contributed by atoms with Crippen LogP contribution in [0.2, 0.25) is 0 Å². The molecule has 230 valence electrons. The summed E-state index contributed by atoms with van der Waals surface area (Å²) in [5.41, 5.74) is 2.99. The number of aromatic nitrogens is 3. The topological polar surface area (TPSA) is 110 Å². The lowest BCUT2D eigenvalue weighted by atomic mass is 9.97. The maximum atomic E-state index is 15.6. The Bertz CT molecular complexity index is 1840. The van der Waals surface area contributed by atoms with Gasteiger partial charge in [-0.05, 0) is 13.1 Å². The molecular weight excluding hydrogens is 601 g/mol. The van der Waals surface area contributed by atoms with Crippen LogP contribution in [0.1, 0.15) is 25.0 Å². The fourth-order valence-corrected chi connectivity index (χ4v) is 6.90. The van der Waals surface area contributed by atoms with E-state index in [0.29, 0.717) is 55.8 Å². The molecule has 0 saturated carbocycles. The molecule has 6 rings (SSSR count). The van der Waals surface area contributed by atoms with E-state index < -0.39 is 40.1 Å². The Balaban J connectivity index is 1.63. The fourth-order valence-electron chi connectivity index (χ4n) is 5.97. The number of pyridine rings is 1. The molecule has 15 heteroatoms. The number of anilines is 3. The van der Waals surface area contributed by atoms with Gasteiger partial charge in [0.1, 0.15) is 34.1 Å². The van der Waals surface area contributed by atoms with Gasteiger partial charge in [-0.15, -0.1) is 11.3 Å². The zero-order valence-electron chi connectivity index (χ0n) is 23.9. The van der Waals surface area contributed by atoms with Gasteiger partial charge in [-0.25, -0.2) is 13.8 Å². The number of piperazine rings is 1. The van der Waals surface area contributed by atoms with Crippen molar-refractivity contribution in [2.24, 2.45) is 0 Å². The predicted octanol–water partition coefficient (Wildman–Crippen LogP) is 5.11. The number of nitriles is 1. The third-order valence-corrected chi connectivity index (χ3v) is 9.18. The molecule has 0 unspecified atom stereocenters. The second-order valence-corrected chi connectivity index (χ2v) is 11.7. The van der Waals surface area contributed by atoms with Crippen molar-refractivity contribution in [2.45, 2.75) is 26.1 Å². The first-order chi connectivity index (χ1) is 21.0. The normalized spacial score (nSPS) is 16.1. The molecule has 0 atom stereocenters. The summed E-state index contributed by atoms with van der Waals surface area (Å²) in [6.07, 6.45) is -3.90. The van der Waals surface area contributed by atoms with Crippen LogP contribution in [-0.4, -0.2) is 71.7 Å². The SMILES string of the molecule is C=C1CN(c2nc(N3CC(N(CC)CC)C3)nc3c(C(F)(F)F)c(-c4c(F)cc(F)c5sc(N)c(C#N)c45)ncc23)CCN1. The first kappa shape index (κ1) is 29.8. The lowest BCUT2D eigenvalue weighted by Gasteiger charge is -2.45. The molecule has 2 aliphatic rings. The summed E-state index contributed by atoms with van der Waals surface area (Å²) < 4.78 is 75.6. The third-order valence-electron chi connectivity index (χ3n) is 8.15. The smallest absolute Gasteiger partial charge is 0.389 e. The Hall–Kier alpha value is -4.29. The highest BCUT2D eigenvalue weighted by molar-refractivity contribution is 7.23. The first-order valence-corrected chi connectivity index (χ1v) is 14.8. The number of hydrogen-bond acceptors (Lipinski definition) is 10. The number of benzene rings is 1. The second-order valence-electron chi connectivity index (χ2n) is 10.7. The number of halogens is 5. The van der Waals surface area contributed by atoms with Gasteiger partial charge < -0.3 is 20.9 Å². The summed E-state index contributed by atoms with van der Waals surface area (Å²) in [4.78, 5) is 19.1. The van der Waals surface area contributed by atoms with Crippen molar-refractivity contribution >= 4 is 49.1 Å². The molecule has 0 spiro atoms. The van der Waals surface area contributed by atoms with Gasteiger partial charge in [0.25, 0.3) is 0 Å². The van der Waals surface area contributed by atoms with Gasteiger partial charge in [0.05, 0.1) is 33.4 Å².